The second-order valence-corrected chi connectivity index (χ2v) is 6.41. The lowest BCUT2D eigenvalue weighted by Gasteiger charge is -2.31. The molecule has 0 radical (unpaired) electrons. The minimum absolute atomic E-state index is 0.223. The van der Waals surface area contributed by atoms with Gasteiger partial charge in [-0.2, -0.15) is 0 Å². The Morgan fingerprint density at radius 1 is 1.00 bits per heavy atom. The molecule has 4 rings (SSSR count). The molecule has 1 N–H and O–H groups in total. The van der Waals surface area contributed by atoms with Gasteiger partial charge in [-0.1, -0.05) is 6.07 Å². The van der Waals surface area contributed by atoms with Crippen molar-refractivity contribution in [2.75, 3.05) is 18.0 Å². The summed E-state index contributed by atoms with van der Waals surface area (Å²) in [5, 5.41) is 10.2. The van der Waals surface area contributed by atoms with E-state index in [9.17, 15) is 4.79 Å². The number of anilines is 1. The van der Waals surface area contributed by atoms with Crippen molar-refractivity contribution in [2.45, 2.75) is 12.8 Å². The second kappa shape index (κ2) is 6.51. The third-order valence-corrected chi connectivity index (χ3v) is 4.86. The number of aromatic nitrogens is 2. The van der Waals surface area contributed by atoms with E-state index in [1.54, 1.807) is 12.4 Å². The van der Waals surface area contributed by atoms with Gasteiger partial charge in [0, 0.05) is 30.9 Å². The third-order valence-electron chi connectivity index (χ3n) is 4.86. The number of rotatable bonds is 3. The molecule has 1 saturated heterocycles. The molecule has 0 atom stereocenters. The van der Waals surface area contributed by atoms with Gasteiger partial charge in [-0.05, 0) is 60.4 Å². The average molecular weight is 333 g/mol. The van der Waals surface area contributed by atoms with Crippen molar-refractivity contribution >= 4 is 22.7 Å². The minimum Gasteiger partial charge on any atom is -0.481 e. The van der Waals surface area contributed by atoms with Crippen LogP contribution in [0.25, 0.3) is 22.0 Å². The molecule has 25 heavy (non-hydrogen) atoms. The highest BCUT2D eigenvalue weighted by Gasteiger charge is 2.25. The van der Waals surface area contributed by atoms with Crippen molar-refractivity contribution < 1.29 is 9.90 Å². The van der Waals surface area contributed by atoms with Gasteiger partial charge in [-0.25, -0.2) is 4.98 Å². The molecular weight excluding hydrogens is 314 g/mol. The number of hydrogen-bond acceptors (Lipinski definition) is 4. The highest BCUT2D eigenvalue weighted by molar-refractivity contribution is 5.85. The van der Waals surface area contributed by atoms with Gasteiger partial charge in [0.25, 0.3) is 0 Å². The Kier molecular flexibility index (Phi) is 4.06. The van der Waals surface area contributed by atoms with Crippen molar-refractivity contribution in [1.29, 1.82) is 0 Å². The summed E-state index contributed by atoms with van der Waals surface area (Å²) in [5.41, 5.74) is 3.24. The number of carboxylic acids is 1. The number of pyridine rings is 2. The molecule has 0 aliphatic carbocycles. The van der Waals surface area contributed by atoms with Gasteiger partial charge in [-0.15, -0.1) is 0 Å². The molecule has 0 bridgehead atoms. The summed E-state index contributed by atoms with van der Waals surface area (Å²) in [6.07, 6.45) is 4.94. The van der Waals surface area contributed by atoms with Crippen LogP contribution in [0.15, 0.2) is 54.9 Å². The Morgan fingerprint density at radius 2 is 1.76 bits per heavy atom. The van der Waals surface area contributed by atoms with E-state index in [1.165, 1.54) is 0 Å². The Morgan fingerprint density at radius 3 is 2.48 bits per heavy atom. The van der Waals surface area contributed by atoms with Gasteiger partial charge >= 0.3 is 5.97 Å². The molecule has 3 heterocycles. The van der Waals surface area contributed by atoms with Crippen molar-refractivity contribution in [3.8, 4) is 11.1 Å². The zero-order chi connectivity index (χ0) is 17.2. The second-order valence-electron chi connectivity index (χ2n) is 6.41. The van der Waals surface area contributed by atoms with E-state index >= 15 is 0 Å². The fourth-order valence-electron chi connectivity index (χ4n) is 3.37. The lowest BCUT2D eigenvalue weighted by molar-refractivity contribution is -0.142. The molecule has 0 saturated carbocycles. The first-order valence-corrected chi connectivity index (χ1v) is 8.50. The van der Waals surface area contributed by atoms with Crippen LogP contribution in [-0.4, -0.2) is 34.1 Å². The van der Waals surface area contributed by atoms with E-state index < -0.39 is 5.97 Å². The normalized spacial score (nSPS) is 15.4. The van der Waals surface area contributed by atoms with Crippen LogP contribution in [0, 0.1) is 5.92 Å². The molecular formula is C20H19N3O2. The SMILES string of the molecule is O=C(O)C1CCN(c2ccc3cc(-c4ccncc4)ccc3n2)CC1. The summed E-state index contributed by atoms with van der Waals surface area (Å²) in [4.78, 5) is 22.1. The van der Waals surface area contributed by atoms with Crippen LogP contribution in [-0.2, 0) is 4.79 Å². The van der Waals surface area contributed by atoms with E-state index in [0.29, 0.717) is 12.8 Å². The average Bonchev–Trinajstić information content (AvgIpc) is 2.68. The van der Waals surface area contributed by atoms with Crippen molar-refractivity contribution in [1.82, 2.24) is 9.97 Å². The maximum absolute atomic E-state index is 11.1. The predicted octanol–water partition coefficient (Wildman–Crippen LogP) is 3.60. The number of nitrogens with zero attached hydrogens (tertiary/aromatic N) is 3. The number of aliphatic carboxylic acids is 1. The number of carboxylic acid groups (broad SMARTS) is 1. The molecule has 1 aliphatic rings. The Bertz CT molecular complexity index is 903. The van der Waals surface area contributed by atoms with Crippen molar-refractivity contribution in [2.24, 2.45) is 5.92 Å². The van der Waals surface area contributed by atoms with E-state index in [-0.39, 0.29) is 5.92 Å². The number of piperidine rings is 1. The Hall–Kier alpha value is -2.95. The van der Waals surface area contributed by atoms with Crippen LogP contribution < -0.4 is 4.90 Å². The zero-order valence-corrected chi connectivity index (χ0v) is 13.8. The van der Waals surface area contributed by atoms with Crippen molar-refractivity contribution in [3.05, 3.63) is 54.9 Å². The molecule has 3 aromatic rings. The summed E-state index contributed by atoms with van der Waals surface area (Å²) < 4.78 is 0. The monoisotopic (exact) mass is 333 g/mol. The smallest absolute Gasteiger partial charge is 0.306 e. The van der Waals surface area contributed by atoms with Gasteiger partial charge < -0.3 is 10.0 Å². The summed E-state index contributed by atoms with van der Waals surface area (Å²) in [6.45, 7) is 1.48. The summed E-state index contributed by atoms with van der Waals surface area (Å²) in [7, 11) is 0. The van der Waals surface area contributed by atoms with Crippen LogP contribution in [0.2, 0.25) is 0 Å². The van der Waals surface area contributed by atoms with Crippen LogP contribution >= 0.6 is 0 Å². The van der Waals surface area contributed by atoms with Crippen LogP contribution in [0.1, 0.15) is 12.8 Å². The lowest BCUT2D eigenvalue weighted by Crippen LogP contribution is -2.36. The molecule has 1 aromatic carbocycles. The number of hydrogen-bond donors (Lipinski definition) is 1. The highest BCUT2D eigenvalue weighted by Crippen LogP contribution is 2.27. The Balaban J connectivity index is 1.58. The van der Waals surface area contributed by atoms with Crippen LogP contribution in [0.3, 0.4) is 0 Å². The molecule has 5 nitrogen and oxygen atoms in total. The highest BCUT2D eigenvalue weighted by atomic mass is 16.4. The summed E-state index contributed by atoms with van der Waals surface area (Å²) >= 11 is 0. The molecule has 0 amide bonds. The van der Waals surface area contributed by atoms with Gasteiger partial charge in [0.05, 0.1) is 11.4 Å². The zero-order valence-electron chi connectivity index (χ0n) is 13.8. The first kappa shape index (κ1) is 15.6. The van der Waals surface area contributed by atoms with Crippen molar-refractivity contribution in [3.63, 3.8) is 0 Å². The van der Waals surface area contributed by atoms with Gasteiger partial charge in [0.1, 0.15) is 5.82 Å². The van der Waals surface area contributed by atoms with E-state index in [1.807, 2.05) is 24.3 Å². The van der Waals surface area contributed by atoms with Gasteiger partial charge in [0.15, 0.2) is 0 Å². The van der Waals surface area contributed by atoms with E-state index in [4.69, 9.17) is 10.1 Å². The maximum Gasteiger partial charge on any atom is 0.306 e. The topological polar surface area (TPSA) is 66.3 Å². The molecule has 0 spiro atoms. The standard InChI is InChI=1S/C20H19N3O2/c24-20(25)15-7-11-23(12-8-15)19-4-2-17-13-16(1-3-18(17)22-19)14-5-9-21-10-6-14/h1-6,9-10,13,15H,7-8,11-12H2,(H,24,25). The minimum atomic E-state index is -0.685. The third kappa shape index (κ3) is 3.18. The molecule has 5 heteroatoms. The van der Waals surface area contributed by atoms with E-state index in [0.717, 1.165) is 40.9 Å². The predicted molar refractivity (Wildman–Crippen MR) is 97.5 cm³/mol. The molecule has 126 valence electrons. The van der Waals surface area contributed by atoms with Crippen LogP contribution in [0.5, 0.6) is 0 Å². The molecule has 1 aliphatic heterocycles. The fourth-order valence-corrected chi connectivity index (χ4v) is 3.37. The first-order valence-electron chi connectivity index (χ1n) is 8.50. The maximum atomic E-state index is 11.1. The number of benzene rings is 1. The fraction of sp³-hybridized carbons (Fsp3) is 0.250. The largest absolute Gasteiger partial charge is 0.481 e. The van der Waals surface area contributed by atoms with Gasteiger partial charge in [-0.3, -0.25) is 9.78 Å². The number of carbonyl (C=O) groups is 1. The molecule has 1 fully saturated rings. The first-order chi connectivity index (χ1) is 12.2. The quantitative estimate of drug-likeness (QED) is 0.793. The number of fused-ring (bicyclic) bond motifs is 1. The Labute approximate surface area is 146 Å². The molecule has 2 aromatic heterocycles. The van der Waals surface area contributed by atoms with Crippen LogP contribution in [0.4, 0.5) is 5.82 Å². The summed E-state index contributed by atoms with van der Waals surface area (Å²) in [6, 6.07) is 14.4. The lowest BCUT2D eigenvalue weighted by atomic mass is 9.97. The molecule has 0 unspecified atom stereocenters. The van der Waals surface area contributed by atoms with Gasteiger partial charge in [0.2, 0.25) is 0 Å². The summed E-state index contributed by atoms with van der Waals surface area (Å²) in [5.74, 6) is 0.0161. The van der Waals surface area contributed by atoms with E-state index in [2.05, 4.69) is 28.1 Å².